The molecule has 9 heteroatoms. The van der Waals surface area contributed by atoms with Crippen LogP contribution in [-0.4, -0.2) is 75.1 Å². The Kier molecular flexibility index (Phi) is 5.23. The number of ether oxygens (including phenoxy) is 2. The van der Waals surface area contributed by atoms with Gasteiger partial charge in [0.25, 0.3) is 0 Å². The van der Waals surface area contributed by atoms with Gasteiger partial charge in [-0.1, -0.05) is 12.1 Å². The van der Waals surface area contributed by atoms with Gasteiger partial charge in [-0.3, -0.25) is 4.57 Å². The summed E-state index contributed by atoms with van der Waals surface area (Å²) >= 11 is 0. The number of morpholine rings is 2. The summed E-state index contributed by atoms with van der Waals surface area (Å²) < 4.78 is 13.8. The summed E-state index contributed by atoms with van der Waals surface area (Å²) in [5.41, 5.74) is 1.88. The lowest BCUT2D eigenvalue weighted by atomic mass is 10.2. The molecule has 4 atom stereocenters. The fourth-order valence-corrected chi connectivity index (χ4v) is 4.53. The lowest BCUT2D eigenvalue weighted by Crippen LogP contribution is -2.48. The SMILES string of the molecule is CC1CN(c2nc(N3CC(C)OC(C)C3)nc(-n3cnc4ccccc43)n2)CC(C)O1. The predicted molar refractivity (Wildman–Crippen MR) is 119 cm³/mol. The number of hydrogen-bond acceptors (Lipinski definition) is 8. The lowest BCUT2D eigenvalue weighted by molar-refractivity contribution is -0.00619. The molecule has 3 aromatic rings. The Morgan fingerprint density at radius 1 is 0.710 bits per heavy atom. The van der Waals surface area contributed by atoms with E-state index >= 15 is 0 Å². The summed E-state index contributed by atoms with van der Waals surface area (Å²) in [5, 5.41) is 0. The van der Waals surface area contributed by atoms with Crippen molar-refractivity contribution in [3.05, 3.63) is 30.6 Å². The van der Waals surface area contributed by atoms with E-state index in [1.54, 1.807) is 6.33 Å². The second kappa shape index (κ2) is 8.05. The quantitative estimate of drug-likeness (QED) is 0.635. The number of imidazole rings is 1. The van der Waals surface area contributed by atoms with Crippen LogP contribution in [0.5, 0.6) is 0 Å². The minimum atomic E-state index is 0.116. The van der Waals surface area contributed by atoms with Crippen molar-refractivity contribution in [1.82, 2.24) is 24.5 Å². The molecule has 2 aromatic heterocycles. The molecule has 0 aliphatic carbocycles. The van der Waals surface area contributed by atoms with Gasteiger partial charge in [0.15, 0.2) is 0 Å². The monoisotopic (exact) mass is 423 g/mol. The highest BCUT2D eigenvalue weighted by atomic mass is 16.5. The van der Waals surface area contributed by atoms with Gasteiger partial charge in [-0.25, -0.2) is 4.98 Å². The lowest BCUT2D eigenvalue weighted by Gasteiger charge is -2.37. The molecule has 164 valence electrons. The van der Waals surface area contributed by atoms with Crippen molar-refractivity contribution in [3.8, 4) is 5.95 Å². The fourth-order valence-electron chi connectivity index (χ4n) is 4.53. The zero-order chi connectivity index (χ0) is 21.5. The average Bonchev–Trinajstić information content (AvgIpc) is 3.16. The van der Waals surface area contributed by atoms with Crippen LogP contribution < -0.4 is 9.80 Å². The summed E-state index contributed by atoms with van der Waals surface area (Å²) in [5.74, 6) is 1.92. The molecule has 0 amide bonds. The molecule has 2 aliphatic rings. The molecule has 0 spiro atoms. The van der Waals surface area contributed by atoms with Gasteiger partial charge >= 0.3 is 0 Å². The van der Waals surface area contributed by atoms with Gasteiger partial charge in [0.1, 0.15) is 6.33 Å². The molecule has 2 fully saturated rings. The van der Waals surface area contributed by atoms with Gasteiger partial charge in [0.05, 0.1) is 35.4 Å². The zero-order valence-electron chi connectivity index (χ0n) is 18.5. The maximum Gasteiger partial charge on any atom is 0.242 e. The Morgan fingerprint density at radius 3 is 1.74 bits per heavy atom. The first kappa shape index (κ1) is 20.1. The Hall–Kier alpha value is -2.78. The van der Waals surface area contributed by atoms with Crippen LogP contribution in [0.25, 0.3) is 17.0 Å². The largest absolute Gasteiger partial charge is 0.372 e. The third-order valence-electron chi connectivity index (χ3n) is 5.67. The second-order valence-corrected chi connectivity index (χ2v) is 8.66. The van der Waals surface area contributed by atoms with E-state index in [-0.39, 0.29) is 24.4 Å². The first-order valence-electron chi connectivity index (χ1n) is 11.0. The van der Waals surface area contributed by atoms with E-state index < -0.39 is 0 Å². The van der Waals surface area contributed by atoms with Crippen LogP contribution in [0.15, 0.2) is 30.6 Å². The number of rotatable bonds is 3. The highest BCUT2D eigenvalue weighted by molar-refractivity contribution is 5.76. The molecular weight excluding hydrogens is 394 g/mol. The van der Waals surface area contributed by atoms with Crippen molar-refractivity contribution >= 4 is 22.9 Å². The van der Waals surface area contributed by atoms with Crippen molar-refractivity contribution in [3.63, 3.8) is 0 Å². The Balaban J connectivity index is 1.60. The van der Waals surface area contributed by atoms with Crippen LogP contribution in [0, 0.1) is 0 Å². The Labute approximate surface area is 182 Å². The number of benzene rings is 1. The summed E-state index contributed by atoms with van der Waals surface area (Å²) in [7, 11) is 0. The molecule has 31 heavy (non-hydrogen) atoms. The van der Waals surface area contributed by atoms with Crippen LogP contribution in [0.1, 0.15) is 27.7 Å². The standard InChI is InChI=1S/C22H29N7O2/c1-14-9-27(10-15(2)30-14)20-24-21(28-11-16(3)31-17(4)12-28)26-22(25-20)29-13-23-18-7-5-6-8-19(18)29/h5-8,13-17H,9-12H2,1-4H3. The summed E-state index contributed by atoms with van der Waals surface area (Å²) in [6, 6.07) is 8.01. The van der Waals surface area contributed by atoms with Crippen molar-refractivity contribution in [2.45, 2.75) is 52.1 Å². The smallest absolute Gasteiger partial charge is 0.242 e. The first-order chi connectivity index (χ1) is 15.0. The average molecular weight is 424 g/mol. The third kappa shape index (κ3) is 4.07. The van der Waals surface area contributed by atoms with Crippen molar-refractivity contribution in [2.75, 3.05) is 36.0 Å². The molecule has 4 unspecified atom stereocenters. The number of hydrogen-bond donors (Lipinski definition) is 0. The topological polar surface area (TPSA) is 81.4 Å². The van der Waals surface area contributed by atoms with Gasteiger partial charge in [-0.05, 0) is 39.8 Å². The maximum atomic E-state index is 5.92. The van der Waals surface area contributed by atoms with E-state index in [9.17, 15) is 0 Å². The number of nitrogens with zero attached hydrogens (tertiary/aromatic N) is 7. The van der Waals surface area contributed by atoms with Gasteiger partial charge in [-0.15, -0.1) is 0 Å². The molecule has 2 aliphatic heterocycles. The van der Waals surface area contributed by atoms with Crippen LogP contribution in [0.3, 0.4) is 0 Å². The maximum absolute atomic E-state index is 5.92. The van der Waals surface area contributed by atoms with Crippen LogP contribution in [-0.2, 0) is 9.47 Å². The molecule has 1 aromatic carbocycles. The number of para-hydroxylation sites is 2. The predicted octanol–water partition coefficient (Wildman–Crippen LogP) is 2.44. The molecule has 0 bridgehead atoms. The van der Waals surface area contributed by atoms with E-state index in [0.29, 0.717) is 17.8 Å². The molecule has 0 radical (unpaired) electrons. The molecule has 9 nitrogen and oxygen atoms in total. The van der Waals surface area contributed by atoms with Gasteiger partial charge < -0.3 is 19.3 Å². The molecule has 0 N–H and O–H groups in total. The van der Waals surface area contributed by atoms with Crippen LogP contribution in [0.4, 0.5) is 11.9 Å². The zero-order valence-corrected chi connectivity index (χ0v) is 18.5. The second-order valence-electron chi connectivity index (χ2n) is 8.66. The molecular formula is C22H29N7O2. The molecule has 2 saturated heterocycles. The number of fused-ring (bicyclic) bond motifs is 1. The summed E-state index contributed by atoms with van der Waals surface area (Å²) in [6.07, 6.45) is 2.24. The minimum absolute atomic E-state index is 0.116. The van der Waals surface area contributed by atoms with Gasteiger partial charge in [-0.2, -0.15) is 15.0 Å². The Morgan fingerprint density at radius 2 is 1.19 bits per heavy atom. The van der Waals surface area contributed by atoms with E-state index in [2.05, 4.69) is 42.5 Å². The van der Waals surface area contributed by atoms with Gasteiger partial charge in [0, 0.05) is 26.2 Å². The fraction of sp³-hybridized carbons (Fsp3) is 0.545. The highest BCUT2D eigenvalue weighted by Crippen LogP contribution is 2.24. The summed E-state index contributed by atoms with van der Waals surface area (Å²) in [6.45, 7) is 11.3. The van der Waals surface area contributed by atoms with E-state index in [0.717, 1.165) is 37.2 Å². The van der Waals surface area contributed by atoms with Crippen molar-refractivity contribution < 1.29 is 9.47 Å². The third-order valence-corrected chi connectivity index (χ3v) is 5.67. The molecule has 4 heterocycles. The van der Waals surface area contributed by atoms with E-state index in [1.165, 1.54) is 0 Å². The van der Waals surface area contributed by atoms with Gasteiger partial charge in [0.2, 0.25) is 17.8 Å². The van der Waals surface area contributed by atoms with Crippen LogP contribution >= 0.6 is 0 Å². The van der Waals surface area contributed by atoms with E-state index in [1.807, 2.05) is 28.8 Å². The van der Waals surface area contributed by atoms with Crippen molar-refractivity contribution in [2.24, 2.45) is 0 Å². The molecule has 0 saturated carbocycles. The first-order valence-corrected chi connectivity index (χ1v) is 11.0. The normalized spacial score (nSPS) is 27.1. The molecule has 5 rings (SSSR count). The minimum Gasteiger partial charge on any atom is -0.372 e. The van der Waals surface area contributed by atoms with E-state index in [4.69, 9.17) is 24.4 Å². The Bertz CT molecular complexity index is 1010. The highest BCUT2D eigenvalue weighted by Gasteiger charge is 2.29. The summed E-state index contributed by atoms with van der Waals surface area (Å²) in [4.78, 5) is 23.5. The number of aromatic nitrogens is 5. The van der Waals surface area contributed by atoms with Crippen molar-refractivity contribution in [1.29, 1.82) is 0 Å². The number of anilines is 2. The van der Waals surface area contributed by atoms with Crippen LogP contribution in [0.2, 0.25) is 0 Å².